The molecule has 34 heavy (non-hydrogen) atoms. The van der Waals surface area contributed by atoms with Crippen LogP contribution < -0.4 is 14.8 Å². The summed E-state index contributed by atoms with van der Waals surface area (Å²) in [6, 6.07) is 15.8. The summed E-state index contributed by atoms with van der Waals surface area (Å²) >= 11 is 6.54. The Morgan fingerprint density at radius 2 is 1.68 bits per heavy atom. The molecule has 12 heteroatoms. The molecule has 1 N–H and O–H groups in total. The van der Waals surface area contributed by atoms with Gasteiger partial charge in [-0.15, -0.1) is 10.2 Å². The maximum atomic E-state index is 12.3. The van der Waals surface area contributed by atoms with Crippen LogP contribution in [-0.4, -0.2) is 44.0 Å². The first-order valence-electron chi connectivity index (χ1n) is 9.82. The highest BCUT2D eigenvalue weighted by molar-refractivity contribution is 7.92. The van der Waals surface area contributed by atoms with Crippen molar-refractivity contribution in [3.8, 4) is 17.6 Å². The molecule has 0 saturated heterocycles. The second kappa shape index (κ2) is 11.6. The normalized spacial score (nSPS) is 11.5. The van der Waals surface area contributed by atoms with Crippen LogP contribution in [0.5, 0.6) is 11.5 Å². The van der Waals surface area contributed by atoms with Crippen LogP contribution in [0.4, 0.5) is 5.13 Å². The van der Waals surface area contributed by atoms with Crippen molar-refractivity contribution in [1.29, 1.82) is 5.26 Å². The third-order valence-electron chi connectivity index (χ3n) is 4.14. The number of hydrogen-bond donors (Lipinski definition) is 1. The van der Waals surface area contributed by atoms with Crippen molar-refractivity contribution in [2.24, 2.45) is 0 Å². The molecule has 0 aliphatic rings. The van der Waals surface area contributed by atoms with Crippen molar-refractivity contribution >= 4 is 49.9 Å². The van der Waals surface area contributed by atoms with Crippen molar-refractivity contribution in [1.82, 2.24) is 10.2 Å². The number of halogens is 1. The van der Waals surface area contributed by atoms with Crippen molar-refractivity contribution in [2.75, 3.05) is 24.8 Å². The number of aromatic nitrogens is 2. The quantitative estimate of drug-likeness (QED) is 0.184. The van der Waals surface area contributed by atoms with Crippen LogP contribution in [0.3, 0.4) is 0 Å². The van der Waals surface area contributed by atoms with Crippen LogP contribution in [0.15, 0.2) is 58.4 Å². The van der Waals surface area contributed by atoms with Crippen LogP contribution in [0.25, 0.3) is 6.08 Å². The fourth-order valence-electron chi connectivity index (χ4n) is 2.52. The Balaban J connectivity index is 1.49. The number of benzene rings is 2. The maximum Gasteiger partial charge on any atom is 0.268 e. The second-order valence-corrected chi connectivity index (χ2v) is 10.4. The van der Waals surface area contributed by atoms with Gasteiger partial charge >= 0.3 is 0 Å². The summed E-state index contributed by atoms with van der Waals surface area (Å²) in [6.07, 6.45) is 3.07. The summed E-state index contributed by atoms with van der Waals surface area (Å²) in [7, 11) is -3.53. The average Bonchev–Trinajstić information content (AvgIpc) is 3.28. The number of amides is 1. The highest BCUT2D eigenvalue weighted by atomic mass is 35.5. The van der Waals surface area contributed by atoms with Crippen LogP contribution >= 0.6 is 22.9 Å². The van der Waals surface area contributed by atoms with Crippen LogP contribution in [0.1, 0.15) is 12.0 Å². The topological polar surface area (TPSA) is 131 Å². The number of rotatable bonds is 10. The molecule has 2 aromatic carbocycles. The summed E-state index contributed by atoms with van der Waals surface area (Å²) in [5.74, 6) is 0.647. The van der Waals surface area contributed by atoms with E-state index in [1.54, 1.807) is 48.5 Å². The Morgan fingerprint density at radius 3 is 2.21 bits per heavy atom. The lowest BCUT2D eigenvalue weighted by Crippen LogP contribution is -2.13. The molecule has 0 aliphatic carbocycles. The Morgan fingerprint density at radius 1 is 1.09 bits per heavy atom. The SMILES string of the molecule is CS(=O)(=O)c1nnc(NC(=O)/C(C#N)=C\c2ccc(OCCCOc3ccc(Cl)cc3)cc2)s1. The fraction of sp³-hybridized carbons (Fsp3) is 0.182. The first-order valence-corrected chi connectivity index (χ1v) is 12.9. The van der Waals surface area contributed by atoms with Crippen molar-refractivity contribution in [3.63, 3.8) is 0 Å². The molecule has 1 amide bonds. The summed E-state index contributed by atoms with van der Waals surface area (Å²) in [5.41, 5.74) is 0.434. The van der Waals surface area contributed by atoms with Gasteiger partial charge in [0.25, 0.3) is 5.91 Å². The number of nitrogens with one attached hydrogen (secondary N) is 1. The lowest BCUT2D eigenvalue weighted by atomic mass is 10.1. The van der Waals surface area contributed by atoms with Gasteiger partial charge < -0.3 is 9.47 Å². The smallest absolute Gasteiger partial charge is 0.268 e. The third-order valence-corrected chi connectivity index (χ3v) is 6.90. The summed E-state index contributed by atoms with van der Waals surface area (Å²) < 4.78 is 34.0. The van der Waals surface area contributed by atoms with Gasteiger partial charge in [-0.05, 0) is 48.0 Å². The minimum Gasteiger partial charge on any atom is -0.493 e. The zero-order chi connectivity index (χ0) is 24.6. The molecule has 0 atom stereocenters. The molecule has 3 rings (SSSR count). The Labute approximate surface area is 205 Å². The maximum absolute atomic E-state index is 12.3. The first-order chi connectivity index (χ1) is 16.2. The Hall–Kier alpha value is -3.46. The van der Waals surface area contributed by atoms with E-state index >= 15 is 0 Å². The van der Waals surface area contributed by atoms with Gasteiger partial charge in [0, 0.05) is 17.7 Å². The minimum absolute atomic E-state index is 0.0182. The average molecular weight is 519 g/mol. The molecule has 0 saturated carbocycles. The molecule has 0 spiro atoms. The number of nitrogens with zero attached hydrogens (tertiary/aromatic N) is 3. The molecule has 3 aromatic rings. The molecular weight excluding hydrogens is 500 g/mol. The molecule has 9 nitrogen and oxygen atoms in total. The van der Waals surface area contributed by atoms with Crippen molar-refractivity contribution < 1.29 is 22.7 Å². The number of ether oxygens (including phenoxy) is 2. The van der Waals surface area contributed by atoms with E-state index in [0.717, 1.165) is 12.0 Å². The predicted octanol–water partition coefficient (Wildman–Crippen LogP) is 3.99. The molecule has 0 unspecified atom stereocenters. The number of sulfone groups is 1. The van der Waals surface area contributed by atoms with E-state index in [-0.39, 0.29) is 15.0 Å². The highest BCUT2D eigenvalue weighted by Gasteiger charge is 2.17. The van der Waals surface area contributed by atoms with E-state index in [4.69, 9.17) is 21.1 Å². The second-order valence-electron chi connectivity index (χ2n) is 6.84. The largest absolute Gasteiger partial charge is 0.493 e. The van der Waals surface area contributed by atoms with Gasteiger partial charge in [0.15, 0.2) is 0 Å². The van der Waals surface area contributed by atoms with E-state index in [9.17, 15) is 18.5 Å². The molecule has 0 aliphatic heterocycles. The number of anilines is 1. The summed E-state index contributed by atoms with van der Waals surface area (Å²) in [6.45, 7) is 0.940. The van der Waals surface area contributed by atoms with E-state index in [1.807, 2.05) is 6.07 Å². The van der Waals surface area contributed by atoms with Gasteiger partial charge in [-0.2, -0.15) is 5.26 Å². The first kappa shape index (κ1) is 25.2. The number of nitriles is 1. The van der Waals surface area contributed by atoms with E-state index < -0.39 is 15.7 Å². The summed E-state index contributed by atoms with van der Waals surface area (Å²) in [4.78, 5) is 12.3. The zero-order valence-electron chi connectivity index (χ0n) is 17.9. The lowest BCUT2D eigenvalue weighted by Gasteiger charge is -2.08. The minimum atomic E-state index is -3.53. The predicted molar refractivity (Wildman–Crippen MR) is 129 cm³/mol. The molecule has 0 radical (unpaired) electrons. The van der Waals surface area contributed by atoms with Gasteiger partial charge in [0.1, 0.15) is 23.1 Å². The van der Waals surface area contributed by atoms with Gasteiger partial charge in [-0.25, -0.2) is 8.42 Å². The van der Waals surface area contributed by atoms with E-state index in [0.29, 0.717) is 47.3 Å². The van der Waals surface area contributed by atoms with E-state index in [2.05, 4.69) is 15.5 Å². The molecule has 1 heterocycles. The van der Waals surface area contributed by atoms with Gasteiger partial charge in [0.05, 0.1) is 13.2 Å². The zero-order valence-corrected chi connectivity index (χ0v) is 20.3. The van der Waals surface area contributed by atoms with Crippen molar-refractivity contribution in [3.05, 3.63) is 64.7 Å². The Kier molecular flexibility index (Phi) is 8.59. The standard InChI is InChI=1S/C22H19ClN4O5S2/c1-34(29,30)22-27-26-21(33-22)25-20(28)16(14-24)13-15-3-7-18(8-4-15)31-11-2-12-32-19-9-5-17(23)6-10-19/h3-10,13H,2,11-12H2,1H3,(H,25,26,28)/b16-13-. The monoisotopic (exact) mass is 518 g/mol. The molecule has 0 bridgehead atoms. The van der Waals surface area contributed by atoms with Crippen LogP contribution in [0.2, 0.25) is 5.02 Å². The van der Waals surface area contributed by atoms with Gasteiger partial charge in [0.2, 0.25) is 19.3 Å². The number of carbonyl (C=O) groups is 1. The van der Waals surface area contributed by atoms with Gasteiger partial charge in [-0.1, -0.05) is 35.1 Å². The van der Waals surface area contributed by atoms with Gasteiger partial charge in [-0.3, -0.25) is 10.1 Å². The molecule has 1 aromatic heterocycles. The number of hydrogen-bond acceptors (Lipinski definition) is 9. The van der Waals surface area contributed by atoms with Crippen LogP contribution in [-0.2, 0) is 14.6 Å². The summed E-state index contributed by atoms with van der Waals surface area (Å²) in [5, 5.41) is 19.5. The molecule has 0 fully saturated rings. The molecule has 176 valence electrons. The third kappa shape index (κ3) is 7.55. The lowest BCUT2D eigenvalue weighted by molar-refractivity contribution is -0.112. The fourth-order valence-corrected chi connectivity index (χ4v) is 4.15. The number of carbonyl (C=O) groups excluding carboxylic acids is 1. The molecular formula is C22H19ClN4O5S2. The highest BCUT2D eigenvalue weighted by Crippen LogP contribution is 2.21. The van der Waals surface area contributed by atoms with E-state index in [1.165, 1.54) is 6.08 Å². The van der Waals surface area contributed by atoms with Crippen molar-refractivity contribution in [2.45, 2.75) is 10.8 Å². The van der Waals surface area contributed by atoms with Crippen LogP contribution in [0, 0.1) is 11.3 Å². The Bertz CT molecular complexity index is 1310.